The van der Waals surface area contributed by atoms with E-state index < -0.39 is 5.60 Å². The number of halogens is 1. The molecular formula is C19H19ClN2O3. The predicted octanol–water partition coefficient (Wildman–Crippen LogP) is 3.35. The molecule has 5 nitrogen and oxygen atoms in total. The fraction of sp³-hybridized carbons (Fsp3) is 0.368. The van der Waals surface area contributed by atoms with Crippen LogP contribution in [0.3, 0.4) is 0 Å². The SMILES string of the molecule is O=C(OCc1ccccc1)N1C[C@@H]2C[C@H]1C(O)(c1ccc(Cl)nc1)C2. The lowest BCUT2D eigenvalue weighted by Crippen LogP contribution is -2.51. The molecule has 2 fully saturated rings. The number of pyridine rings is 1. The Morgan fingerprint density at radius 1 is 1.32 bits per heavy atom. The van der Waals surface area contributed by atoms with Gasteiger partial charge in [-0.15, -0.1) is 0 Å². The zero-order chi connectivity index (χ0) is 17.4. The first kappa shape index (κ1) is 16.4. The fourth-order valence-corrected chi connectivity index (χ4v) is 4.16. The second-order valence-corrected chi connectivity index (χ2v) is 7.20. The van der Waals surface area contributed by atoms with Crippen molar-refractivity contribution in [2.75, 3.05) is 6.54 Å². The molecule has 1 aliphatic carbocycles. The van der Waals surface area contributed by atoms with Gasteiger partial charge < -0.3 is 14.7 Å². The maximum absolute atomic E-state index is 12.5. The van der Waals surface area contributed by atoms with E-state index in [-0.39, 0.29) is 24.7 Å². The van der Waals surface area contributed by atoms with E-state index in [2.05, 4.69) is 4.98 Å². The normalized spacial score (nSPS) is 27.5. The molecule has 3 atom stereocenters. The van der Waals surface area contributed by atoms with Crippen LogP contribution in [0.1, 0.15) is 24.0 Å². The number of piperidine rings is 1. The number of likely N-dealkylation sites (tertiary alicyclic amines) is 1. The molecule has 130 valence electrons. The van der Waals surface area contributed by atoms with Gasteiger partial charge in [-0.1, -0.05) is 48.0 Å². The summed E-state index contributed by atoms with van der Waals surface area (Å²) in [5.41, 5.74) is 0.550. The lowest BCUT2D eigenvalue weighted by atomic mass is 9.86. The number of aliphatic hydroxyl groups is 1. The van der Waals surface area contributed by atoms with Crippen LogP contribution in [-0.2, 0) is 16.9 Å². The highest BCUT2D eigenvalue weighted by Gasteiger charge is 2.57. The molecule has 25 heavy (non-hydrogen) atoms. The Balaban J connectivity index is 1.48. The van der Waals surface area contributed by atoms with Gasteiger partial charge in [-0.05, 0) is 30.4 Å². The molecule has 2 aromatic rings. The van der Waals surface area contributed by atoms with Gasteiger partial charge >= 0.3 is 6.09 Å². The topological polar surface area (TPSA) is 62.7 Å². The number of benzene rings is 1. The van der Waals surface area contributed by atoms with E-state index in [9.17, 15) is 9.90 Å². The molecular weight excluding hydrogens is 340 g/mol. The molecule has 2 bridgehead atoms. The van der Waals surface area contributed by atoms with Crippen molar-refractivity contribution in [2.45, 2.75) is 31.1 Å². The standard InChI is InChI=1S/C19H19ClN2O3/c20-17-7-6-15(10-21-17)19(24)9-14-8-16(19)22(11-14)18(23)25-12-13-4-2-1-3-5-13/h1-7,10,14,16,24H,8-9,11-12H2/t14-,16+,19?/m1/s1. The van der Waals surface area contributed by atoms with E-state index in [1.807, 2.05) is 30.3 Å². The second-order valence-electron chi connectivity index (χ2n) is 6.81. The van der Waals surface area contributed by atoms with E-state index in [1.54, 1.807) is 23.2 Å². The molecule has 6 heteroatoms. The first-order valence-electron chi connectivity index (χ1n) is 8.38. The third-order valence-corrected chi connectivity index (χ3v) is 5.43. The quantitative estimate of drug-likeness (QED) is 0.855. The smallest absolute Gasteiger partial charge is 0.410 e. The Kier molecular flexibility index (Phi) is 4.13. The van der Waals surface area contributed by atoms with Crippen LogP contribution in [0.15, 0.2) is 48.7 Å². The number of fused-ring (bicyclic) bond motifs is 2. The zero-order valence-corrected chi connectivity index (χ0v) is 14.4. The van der Waals surface area contributed by atoms with Crippen LogP contribution in [0.25, 0.3) is 0 Å². The molecule has 1 saturated heterocycles. The molecule has 1 N–H and O–H groups in total. The molecule has 0 spiro atoms. The number of carbonyl (C=O) groups is 1. The number of rotatable bonds is 3. The van der Waals surface area contributed by atoms with E-state index in [1.165, 1.54) is 0 Å². The molecule has 1 aliphatic heterocycles. The minimum atomic E-state index is -1.09. The van der Waals surface area contributed by atoms with Gasteiger partial charge in [0.1, 0.15) is 17.4 Å². The van der Waals surface area contributed by atoms with Crippen molar-refractivity contribution in [2.24, 2.45) is 5.92 Å². The van der Waals surface area contributed by atoms with E-state index >= 15 is 0 Å². The Bertz CT molecular complexity index is 768. The van der Waals surface area contributed by atoms with Gasteiger partial charge in [0.2, 0.25) is 0 Å². The summed E-state index contributed by atoms with van der Waals surface area (Å²) in [6.45, 7) is 0.857. The number of ether oxygens (including phenoxy) is 1. The first-order valence-corrected chi connectivity index (χ1v) is 8.76. The minimum absolute atomic E-state index is 0.231. The third kappa shape index (κ3) is 2.98. The molecule has 0 radical (unpaired) electrons. The average Bonchev–Trinajstić information content (AvgIpc) is 3.19. The Hall–Kier alpha value is -2.11. The predicted molar refractivity (Wildman–Crippen MR) is 93.0 cm³/mol. The van der Waals surface area contributed by atoms with Crippen LogP contribution in [0, 0.1) is 5.92 Å². The molecule has 2 heterocycles. The van der Waals surface area contributed by atoms with Gasteiger partial charge in [0.25, 0.3) is 0 Å². The third-order valence-electron chi connectivity index (χ3n) is 5.21. The Morgan fingerprint density at radius 2 is 2.12 bits per heavy atom. The number of hydrogen-bond donors (Lipinski definition) is 1. The highest BCUT2D eigenvalue weighted by atomic mass is 35.5. The Morgan fingerprint density at radius 3 is 2.80 bits per heavy atom. The minimum Gasteiger partial charge on any atom is -0.445 e. The van der Waals surface area contributed by atoms with Crippen molar-refractivity contribution >= 4 is 17.7 Å². The largest absolute Gasteiger partial charge is 0.445 e. The molecule has 2 aliphatic rings. The van der Waals surface area contributed by atoms with Crippen molar-refractivity contribution in [3.63, 3.8) is 0 Å². The monoisotopic (exact) mass is 358 g/mol. The first-order chi connectivity index (χ1) is 12.1. The van der Waals surface area contributed by atoms with Gasteiger partial charge in [-0.2, -0.15) is 0 Å². The van der Waals surface area contributed by atoms with Gasteiger partial charge in [0.15, 0.2) is 0 Å². The summed E-state index contributed by atoms with van der Waals surface area (Å²) in [6.07, 6.45) is 2.62. The number of amides is 1. The van der Waals surface area contributed by atoms with E-state index in [0.29, 0.717) is 23.7 Å². The molecule has 1 aromatic carbocycles. The summed E-state index contributed by atoms with van der Waals surface area (Å²) in [7, 11) is 0. The number of hydrogen-bond acceptors (Lipinski definition) is 4. The van der Waals surface area contributed by atoms with Gasteiger partial charge in [-0.3, -0.25) is 0 Å². The number of nitrogens with zero attached hydrogens (tertiary/aromatic N) is 2. The zero-order valence-electron chi connectivity index (χ0n) is 13.6. The van der Waals surface area contributed by atoms with Crippen molar-refractivity contribution in [1.82, 2.24) is 9.88 Å². The van der Waals surface area contributed by atoms with Gasteiger partial charge in [0.05, 0.1) is 6.04 Å². The summed E-state index contributed by atoms with van der Waals surface area (Å²) < 4.78 is 5.45. The summed E-state index contributed by atoms with van der Waals surface area (Å²) in [4.78, 5) is 18.3. The maximum atomic E-state index is 12.5. The number of carbonyl (C=O) groups excluding carboxylic acids is 1. The Labute approximate surface area is 151 Å². The van der Waals surface area contributed by atoms with Crippen LogP contribution in [0.4, 0.5) is 4.79 Å². The highest BCUT2D eigenvalue weighted by molar-refractivity contribution is 6.29. The van der Waals surface area contributed by atoms with Crippen LogP contribution in [-0.4, -0.2) is 33.7 Å². The summed E-state index contributed by atoms with van der Waals surface area (Å²) in [5, 5.41) is 11.6. The lowest BCUT2D eigenvalue weighted by molar-refractivity contribution is -0.0470. The van der Waals surface area contributed by atoms with E-state index in [0.717, 1.165) is 12.0 Å². The van der Waals surface area contributed by atoms with Crippen molar-refractivity contribution in [1.29, 1.82) is 0 Å². The number of aromatic nitrogens is 1. The summed E-state index contributed by atoms with van der Waals surface area (Å²) in [6, 6.07) is 12.7. The van der Waals surface area contributed by atoms with Crippen molar-refractivity contribution in [3.05, 3.63) is 64.9 Å². The molecule has 1 saturated carbocycles. The summed E-state index contributed by atoms with van der Waals surface area (Å²) in [5.74, 6) is 0.273. The van der Waals surface area contributed by atoms with Gasteiger partial charge in [0, 0.05) is 18.3 Å². The van der Waals surface area contributed by atoms with Crippen LogP contribution in [0.2, 0.25) is 5.15 Å². The average molecular weight is 359 g/mol. The highest BCUT2D eigenvalue weighted by Crippen LogP contribution is 2.50. The van der Waals surface area contributed by atoms with Crippen LogP contribution in [0.5, 0.6) is 0 Å². The van der Waals surface area contributed by atoms with Crippen LogP contribution < -0.4 is 0 Å². The molecule has 1 amide bonds. The summed E-state index contributed by atoms with van der Waals surface area (Å²) >= 11 is 5.84. The van der Waals surface area contributed by atoms with Crippen LogP contribution >= 0.6 is 11.6 Å². The van der Waals surface area contributed by atoms with E-state index in [4.69, 9.17) is 16.3 Å². The van der Waals surface area contributed by atoms with Crippen molar-refractivity contribution < 1.29 is 14.6 Å². The fourth-order valence-electron chi connectivity index (χ4n) is 4.05. The molecule has 4 rings (SSSR count). The molecule has 1 unspecified atom stereocenters. The maximum Gasteiger partial charge on any atom is 0.410 e. The molecule has 1 aromatic heterocycles. The lowest BCUT2D eigenvalue weighted by Gasteiger charge is -2.39. The van der Waals surface area contributed by atoms with Gasteiger partial charge in [-0.25, -0.2) is 9.78 Å². The second kappa shape index (κ2) is 6.32. The van der Waals surface area contributed by atoms with Crippen molar-refractivity contribution in [3.8, 4) is 0 Å².